The summed E-state index contributed by atoms with van der Waals surface area (Å²) in [6.45, 7) is 10.5. The Morgan fingerprint density at radius 3 is 2.32 bits per heavy atom. The molecule has 8 aliphatic rings. The molecule has 4 aliphatic heterocycles. The molecular formula is C47H69NO15. The highest BCUT2D eigenvalue weighted by atomic mass is 16.7. The molecule has 0 bridgehead atoms. The van der Waals surface area contributed by atoms with Crippen molar-refractivity contribution >= 4 is 17.6 Å². The first-order chi connectivity index (χ1) is 30.0. The Kier molecular flexibility index (Phi) is 12.7. The van der Waals surface area contributed by atoms with Gasteiger partial charge in [0.15, 0.2) is 18.4 Å². The lowest BCUT2D eigenvalue weighted by Gasteiger charge is -2.60. The second-order valence-corrected chi connectivity index (χ2v) is 21.0. The number of benzene rings is 1. The molecule has 352 valence electrons. The summed E-state index contributed by atoms with van der Waals surface area (Å²) in [5, 5.41) is 67.9. The van der Waals surface area contributed by atoms with E-state index < -0.39 is 86.5 Å². The molecular weight excluding hydrogens is 819 g/mol. The van der Waals surface area contributed by atoms with Crippen LogP contribution in [0.3, 0.4) is 0 Å². The molecule has 4 saturated heterocycles. The van der Waals surface area contributed by atoms with E-state index >= 15 is 0 Å². The standard InChI is InChI=1S/C47H69NO15/c1-22-12-15-47(58-20-22)24(3)34-31(63-47)17-28-27-11-10-25-16-26(13-14-45(25,4)35(27)30(50)18-46(28,34)5)59-42-40(55)38(53)41(32(19-49)60-42)62-43-39(54)37(52)36(51)33(61-43)21-57-44(56)48-29-9-7-6-8-23(29)2/h6-9,22,24-28,31-43,49,51-55H,10-21H2,1-5H3,(H,48,56)/t22-,24?,25+,26+,27+,28+,31?,32-,33-,34?,35-,36-,37+,38-,39-,40-,41-,42-,43+,45+,46+,47-/m1/s1. The summed E-state index contributed by atoms with van der Waals surface area (Å²) < 4.78 is 42.7. The summed E-state index contributed by atoms with van der Waals surface area (Å²) in [5.74, 6) is 1.76. The smallest absolute Gasteiger partial charge is 0.411 e. The summed E-state index contributed by atoms with van der Waals surface area (Å²) in [4.78, 5) is 27.1. The molecule has 9 rings (SSSR count). The second kappa shape index (κ2) is 17.4. The van der Waals surface area contributed by atoms with Gasteiger partial charge in [0.1, 0.15) is 61.2 Å². The fourth-order valence-electron chi connectivity index (χ4n) is 14.0. The predicted octanol–water partition coefficient (Wildman–Crippen LogP) is 3.19. The Morgan fingerprint density at radius 1 is 0.857 bits per heavy atom. The number of carbonyl (C=O) groups is 2. The summed E-state index contributed by atoms with van der Waals surface area (Å²) in [6, 6.07) is 7.04. The third-order valence-electron chi connectivity index (χ3n) is 17.4. The maximum atomic E-state index is 14.6. The fraction of sp³-hybridized carbons (Fsp3) is 0.830. The monoisotopic (exact) mass is 887 g/mol. The van der Waals surface area contributed by atoms with Gasteiger partial charge in [-0.05, 0) is 104 Å². The number of para-hydroxylation sites is 1. The van der Waals surface area contributed by atoms with Crippen LogP contribution in [0.1, 0.15) is 91.0 Å². The minimum Gasteiger partial charge on any atom is -0.446 e. The quantitative estimate of drug-likeness (QED) is 0.186. The molecule has 7 N–H and O–H groups in total. The van der Waals surface area contributed by atoms with E-state index in [1.165, 1.54) is 0 Å². The number of ether oxygens (including phenoxy) is 7. The van der Waals surface area contributed by atoms with Crippen molar-refractivity contribution in [1.29, 1.82) is 0 Å². The van der Waals surface area contributed by atoms with Gasteiger partial charge >= 0.3 is 6.09 Å². The van der Waals surface area contributed by atoms with Gasteiger partial charge in [0.2, 0.25) is 0 Å². The molecule has 16 heteroatoms. The van der Waals surface area contributed by atoms with Gasteiger partial charge in [-0.1, -0.05) is 45.9 Å². The number of fused-ring (bicyclic) bond motifs is 7. The molecule has 16 nitrogen and oxygen atoms in total. The number of Topliss-reactive ketones (excluding diaryl/α,β-unsaturated/α-hetero) is 1. The van der Waals surface area contributed by atoms with Crippen LogP contribution in [0.4, 0.5) is 10.5 Å². The molecule has 3 unspecified atom stereocenters. The molecule has 4 heterocycles. The molecule has 8 fully saturated rings. The number of anilines is 1. The van der Waals surface area contributed by atoms with Gasteiger partial charge in [0.05, 0.1) is 25.4 Å². The predicted molar refractivity (Wildman–Crippen MR) is 222 cm³/mol. The molecule has 1 aromatic rings. The zero-order valence-corrected chi connectivity index (χ0v) is 37.1. The third-order valence-corrected chi connectivity index (χ3v) is 17.4. The van der Waals surface area contributed by atoms with Crippen molar-refractivity contribution in [3.8, 4) is 0 Å². The van der Waals surface area contributed by atoms with Crippen LogP contribution in [0, 0.1) is 59.2 Å². The van der Waals surface area contributed by atoms with Crippen LogP contribution in [0.15, 0.2) is 24.3 Å². The first kappa shape index (κ1) is 45.8. The van der Waals surface area contributed by atoms with Crippen molar-refractivity contribution in [3.05, 3.63) is 29.8 Å². The number of ketones is 1. The third kappa shape index (κ3) is 7.89. The van der Waals surface area contributed by atoms with E-state index in [1.54, 1.807) is 25.1 Å². The Balaban J connectivity index is 0.806. The summed E-state index contributed by atoms with van der Waals surface area (Å²) in [7, 11) is 0. The normalized spacial score (nSPS) is 50.6. The molecule has 4 aliphatic carbocycles. The molecule has 1 spiro atoms. The molecule has 4 saturated carbocycles. The number of nitrogens with one attached hydrogen (secondary N) is 1. The van der Waals surface area contributed by atoms with E-state index in [2.05, 4.69) is 33.0 Å². The Morgan fingerprint density at radius 2 is 1.59 bits per heavy atom. The number of aryl methyl sites for hydroxylation is 1. The van der Waals surface area contributed by atoms with E-state index in [4.69, 9.17) is 33.2 Å². The highest BCUT2D eigenvalue weighted by molar-refractivity contribution is 5.85. The lowest BCUT2D eigenvalue weighted by atomic mass is 9.44. The highest BCUT2D eigenvalue weighted by Crippen LogP contribution is 2.70. The first-order valence-corrected chi connectivity index (χ1v) is 23.4. The van der Waals surface area contributed by atoms with E-state index in [1.807, 2.05) is 6.07 Å². The molecule has 0 radical (unpaired) electrons. The minimum atomic E-state index is -1.82. The van der Waals surface area contributed by atoms with E-state index in [-0.39, 0.29) is 40.8 Å². The number of carbonyl (C=O) groups excluding carboxylic acids is 2. The van der Waals surface area contributed by atoms with Crippen molar-refractivity contribution < 1.29 is 73.4 Å². The Hall–Kier alpha value is -2.32. The van der Waals surface area contributed by atoms with Crippen molar-refractivity contribution in [3.63, 3.8) is 0 Å². The summed E-state index contributed by atoms with van der Waals surface area (Å²) >= 11 is 0. The van der Waals surface area contributed by atoms with Gasteiger partial charge in [-0.3, -0.25) is 10.1 Å². The van der Waals surface area contributed by atoms with Crippen molar-refractivity contribution in [2.24, 2.45) is 52.3 Å². The van der Waals surface area contributed by atoms with Gasteiger partial charge in [0, 0.05) is 30.4 Å². The number of hydrogen-bond donors (Lipinski definition) is 7. The first-order valence-electron chi connectivity index (χ1n) is 23.4. The number of aliphatic hydroxyl groups is 6. The van der Waals surface area contributed by atoms with Crippen LogP contribution in [-0.4, -0.2) is 142 Å². The minimum absolute atomic E-state index is 0.0426. The molecule has 22 atom stereocenters. The van der Waals surface area contributed by atoms with Crippen LogP contribution >= 0.6 is 0 Å². The maximum Gasteiger partial charge on any atom is 0.411 e. The van der Waals surface area contributed by atoms with Crippen LogP contribution in [0.5, 0.6) is 0 Å². The van der Waals surface area contributed by atoms with Gasteiger partial charge < -0.3 is 63.8 Å². The zero-order valence-electron chi connectivity index (χ0n) is 37.1. The van der Waals surface area contributed by atoms with E-state index in [0.29, 0.717) is 54.4 Å². The van der Waals surface area contributed by atoms with Gasteiger partial charge in [0.25, 0.3) is 0 Å². The second-order valence-electron chi connectivity index (χ2n) is 21.0. The van der Waals surface area contributed by atoms with Crippen LogP contribution in [0.25, 0.3) is 0 Å². The summed E-state index contributed by atoms with van der Waals surface area (Å²) in [6.07, 6.45) is -9.26. The molecule has 0 aromatic heterocycles. The lowest BCUT2D eigenvalue weighted by Crippen LogP contribution is -2.65. The highest BCUT2D eigenvalue weighted by Gasteiger charge is 2.71. The fourth-order valence-corrected chi connectivity index (χ4v) is 14.0. The average molecular weight is 888 g/mol. The molecule has 1 amide bonds. The van der Waals surface area contributed by atoms with Crippen LogP contribution in [-0.2, 0) is 38.0 Å². The Bertz CT molecular complexity index is 1830. The molecule has 1 aromatic carbocycles. The number of aliphatic hydroxyl groups excluding tert-OH is 6. The maximum absolute atomic E-state index is 14.6. The largest absolute Gasteiger partial charge is 0.446 e. The Labute approximate surface area is 369 Å². The average Bonchev–Trinajstić information content (AvgIpc) is 3.70. The lowest BCUT2D eigenvalue weighted by molar-refractivity contribution is -0.364. The van der Waals surface area contributed by atoms with Crippen LogP contribution in [0.2, 0.25) is 0 Å². The van der Waals surface area contributed by atoms with Gasteiger partial charge in [-0.2, -0.15) is 0 Å². The SMILES string of the molecule is Cc1ccccc1NC(=O)OC[C@H]1O[C@@H](O[C@H]2[C@H](O)[C@@H](O)[C@H](O[C@H]3CC[C@@]4(C)[C@@H](CC[C@@H]5[C@@H]4C(=O)C[C@]4(C)C6C(C[C@@H]54)O[C@]4(CC[C@@H](C)CO4)C6C)C3)O[C@@H]2CO)[C@H](O)[C@@H](O)[C@@H]1O. The molecule has 63 heavy (non-hydrogen) atoms. The van der Waals surface area contributed by atoms with Crippen molar-refractivity contribution in [1.82, 2.24) is 0 Å². The van der Waals surface area contributed by atoms with Crippen molar-refractivity contribution in [2.45, 2.75) is 172 Å². The summed E-state index contributed by atoms with van der Waals surface area (Å²) in [5.41, 5.74) is 0.972. The van der Waals surface area contributed by atoms with Gasteiger partial charge in [-0.25, -0.2) is 4.79 Å². The zero-order chi connectivity index (χ0) is 44.7. The van der Waals surface area contributed by atoms with E-state index in [0.717, 1.165) is 50.7 Å². The number of hydrogen-bond acceptors (Lipinski definition) is 15. The number of rotatable bonds is 8. The van der Waals surface area contributed by atoms with Crippen molar-refractivity contribution in [2.75, 3.05) is 25.1 Å². The topological polar surface area (TPSA) is 232 Å². The van der Waals surface area contributed by atoms with E-state index in [9.17, 15) is 40.2 Å². The van der Waals surface area contributed by atoms with Gasteiger partial charge in [-0.15, -0.1) is 0 Å². The van der Waals surface area contributed by atoms with Crippen LogP contribution < -0.4 is 5.32 Å². The number of amides is 1.